The zero-order valence-corrected chi connectivity index (χ0v) is 38.3. The van der Waals surface area contributed by atoms with Gasteiger partial charge in [0.25, 0.3) is 0 Å². The number of nitrogens with one attached hydrogen (secondary N) is 2. The number of hydrogen-bond acceptors (Lipinski definition) is 20. The number of rotatable bonds is 30. The molecule has 2 amide bonds. The predicted molar refractivity (Wildman–Crippen MR) is 222 cm³/mol. The van der Waals surface area contributed by atoms with Gasteiger partial charge in [-0.15, -0.1) is 0 Å². The minimum atomic E-state index is -5.59. The highest BCUT2D eigenvalue weighted by Gasteiger charge is 2.50. The average Bonchev–Trinajstić information content (AvgIpc) is 3.76. The number of ether oxygens (including phenoxy) is 1. The number of hydrogen-bond donors (Lipinski definition) is 11. The number of nitrogens with zero attached hydrogens (tertiary/aromatic N) is 4. The van der Waals surface area contributed by atoms with Crippen LogP contribution in [0.1, 0.15) is 84.3 Å². The molecule has 0 aliphatic carbocycles. The Kier molecular flexibility index (Phi) is 21.8. The standard InChI is InChI=1S/C33H56N7O20P3S/c1-33(2,28(47)31(48)36-13-12-22(42)35-14-15-64-24(45)11-7-6-9-20(41)8-4-3-5-10-23(43)44)17-57-63(54,55)60-62(52,53)56-16-21-27(59-61(49,50)51)26(46)32(58-21)40-19-39-25-29(34)37-18-38-30(25)40/h18-21,26-28,32,41,46-47H,3-17H2,1-2H3,(H,35,42)(H,36,48)(H,43,44)(H,52,53)(H,54,55)(H2,34,37,38)(H2,49,50,51). The molecule has 8 unspecified atom stereocenters. The van der Waals surface area contributed by atoms with Gasteiger partial charge in [0.2, 0.25) is 11.8 Å². The monoisotopic (exact) mass is 995 g/mol. The van der Waals surface area contributed by atoms with Crippen LogP contribution < -0.4 is 16.4 Å². The van der Waals surface area contributed by atoms with Crippen LogP contribution in [0.2, 0.25) is 0 Å². The molecule has 2 aromatic heterocycles. The molecule has 1 fully saturated rings. The van der Waals surface area contributed by atoms with Crippen LogP contribution >= 0.6 is 35.2 Å². The van der Waals surface area contributed by atoms with Crippen LogP contribution in [-0.2, 0) is 55.5 Å². The predicted octanol–water partition coefficient (Wildman–Crippen LogP) is 0.621. The molecular weight excluding hydrogens is 939 g/mol. The van der Waals surface area contributed by atoms with Crippen molar-refractivity contribution >= 4 is 75.1 Å². The van der Waals surface area contributed by atoms with Crippen molar-refractivity contribution in [3.8, 4) is 0 Å². The molecule has 3 rings (SSSR count). The number of aliphatic hydroxyl groups is 3. The number of amides is 2. The van der Waals surface area contributed by atoms with Crippen molar-refractivity contribution in [3.63, 3.8) is 0 Å². The third-order valence-corrected chi connectivity index (χ3v) is 13.4. The van der Waals surface area contributed by atoms with Crippen LogP contribution in [0.5, 0.6) is 0 Å². The minimum absolute atomic E-state index is 0.0214. The Morgan fingerprint density at radius 1 is 0.922 bits per heavy atom. The lowest BCUT2D eigenvalue weighted by molar-refractivity contribution is -0.137. The van der Waals surface area contributed by atoms with Gasteiger partial charge in [-0.05, 0) is 25.7 Å². The molecule has 0 spiro atoms. The van der Waals surface area contributed by atoms with E-state index in [1.165, 1.54) is 13.8 Å². The van der Waals surface area contributed by atoms with Crippen molar-refractivity contribution in [2.24, 2.45) is 5.41 Å². The molecule has 1 saturated heterocycles. The Hall–Kier alpha value is -3.01. The van der Waals surface area contributed by atoms with Gasteiger partial charge in [0, 0.05) is 43.5 Å². The van der Waals surface area contributed by atoms with Gasteiger partial charge in [0.05, 0.1) is 25.6 Å². The second-order valence-electron chi connectivity index (χ2n) is 15.2. The van der Waals surface area contributed by atoms with E-state index in [-0.39, 0.29) is 48.0 Å². The van der Waals surface area contributed by atoms with E-state index in [1.54, 1.807) is 0 Å². The van der Waals surface area contributed by atoms with Gasteiger partial charge in [-0.25, -0.2) is 28.6 Å². The van der Waals surface area contributed by atoms with Gasteiger partial charge < -0.3 is 61.1 Å². The van der Waals surface area contributed by atoms with E-state index in [0.717, 1.165) is 41.8 Å². The number of carbonyl (C=O) groups excluding carboxylic acids is 3. The van der Waals surface area contributed by atoms with Gasteiger partial charge >= 0.3 is 29.4 Å². The number of unbranched alkanes of at least 4 members (excludes halogenated alkanes) is 3. The molecule has 31 heteroatoms. The summed E-state index contributed by atoms with van der Waals surface area (Å²) < 4.78 is 62.2. The highest BCUT2D eigenvalue weighted by Crippen LogP contribution is 2.61. The van der Waals surface area contributed by atoms with E-state index >= 15 is 0 Å². The van der Waals surface area contributed by atoms with Crippen molar-refractivity contribution in [3.05, 3.63) is 12.7 Å². The lowest BCUT2D eigenvalue weighted by Crippen LogP contribution is -2.46. The SMILES string of the molecule is CC(C)(COP(=O)(O)OP(=O)(O)OCC1OC(n2cnc3c(N)ncnc32)C(O)C1OP(=O)(O)O)C(O)C(=O)NCCC(=O)NCCSC(=O)CCCCC(O)CCCCCC(=O)O. The third kappa shape index (κ3) is 19.1. The van der Waals surface area contributed by atoms with Crippen molar-refractivity contribution in [1.82, 2.24) is 30.2 Å². The van der Waals surface area contributed by atoms with Crippen LogP contribution in [0.25, 0.3) is 11.2 Å². The Morgan fingerprint density at radius 2 is 1.58 bits per heavy atom. The molecule has 12 N–H and O–H groups in total. The molecule has 0 saturated carbocycles. The van der Waals surface area contributed by atoms with Gasteiger partial charge in [-0.2, -0.15) is 4.31 Å². The van der Waals surface area contributed by atoms with Gasteiger partial charge in [0.1, 0.15) is 36.3 Å². The van der Waals surface area contributed by atoms with Crippen molar-refractivity contribution < 1.29 is 95.5 Å². The van der Waals surface area contributed by atoms with Crippen LogP contribution in [0, 0.1) is 5.41 Å². The van der Waals surface area contributed by atoms with E-state index in [2.05, 4.69) is 34.4 Å². The minimum Gasteiger partial charge on any atom is -0.481 e. The zero-order valence-electron chi connectivity index (χ0n) is 34.8. The summed E-state index contributed by atoms with van der Waals surface area (Å²) in [5, 5.41) is 45.0. The lowest BCUT2D eigenvalue weighted by Gasteiger charge is -2.30. The first-order valence-electron chi connectivity index (χ1n) is 19.8. The first-order valence-corrected chi connectivity index (χ1v) is 25.3. The third-order valence-electron chi connectivity index (χ3n) is 9.36. The van der Waals surface area contributed by atoms with Crippen LogP contribution in [0.3, 0.4) is 0 Å². The average molecular weight is 996 g/mol. The van der Waals surface area contributed by atoms with Crippen LogP contribution in [0.4, 0.5) is 5.82 Å². The summed E-state index contributed by atoms with van der Waals surface area (Å²) in [4.78, 5) is 98.6. The molecule has 27 nitrogen and oxygen atoms in total. The number of carbonyl (C=O) groups is 4. The summed E-state index contributed by atoms with van der Waals surface area (Å²) in [6.07, 6.45) is -2.75. The molecule has 0 radical (unpaired) electrons. The molecule has 0 aromatic carbocycles. The first-order chi connectivity index (χ1) is 29.8. The molecule has 8 atom stereocenters. The number of phosphoric ester groups is 3. The summed E-state index contributed by atoms with van der Waals surface area (Å²) in [5.41, 5.74) is 4.22. The maximum absolute atomic E-state index is 12.7. The van der Waals surface area contributed by atoms with Gasteiger partial charge in [-0.3, -0.25) is 37.3 Å². The molecule has 2 aromatic rings. The van der Waals surface area contributed by atoms with Crippen LogP contribution in [0.15, 0.2) is 12.7 Å². The fraction of sp³-hybridized carbons (Fsp3) is 0.727. The largest absolute Gasteiger partial charge is 0.481 e. The summed E-state index contributed by atoms with van der Waals surface area (Å²) in [6.45, 7) is 0.355. The van der Waals surface area contributed by atoms with E-state index in [9.17, 15) is 67.8 Å². The number of thioether (sulfide) groups is 1. The number of aliphatic hydroxyl groups excluding tert-OH is 3. The lowest BCUT2D eigenvalue weighted by atomic mass is 9.87. The van der Waals surface area contributed by atoms with Gasteiger partial charge in [-0.1, -0.05) is 44.9 Å². The van der Waals surface area contributed by atoms with Crippen LogP contribution in [-0.4, -0.2) is 145 Å². The number of imidazole rings is 1. The van der Waals surface area contributed by atoms with E-state index in [0.29, 0.717) is 44.3 Å². The van der Waals surface area contributed by atoms with Gasteiger partial charge in [0.15, 0.2) is 22.8 Å². The van der Waals surface area contributed by atoms with Crippen molar-refractivity contribution in [1.29, 1.82) is 0 Å². The number of fused-ring (bicyclic) bond motifs is 1. The Morgan fingerprint density at radius 3 is 2.25 bits per heavy atom. The smallest absolute Gasteiger partial charge is 0.481 e. The Balaban J connectivity index is 1.36. The fourth-order valence-corrected chi connectivity index (χ4v) is 9.54. The number of carboxylic acid groups (broad SMARTS) is 1. The molecule has 0 bridgehead atoms. The molecule has 3 heterocycles. The second kappa shape index (κ2) is 25.2. The fourth-order valence-electron chi connectivity index (χ4n) is 5.99. The quantitative estimate of drug-likeness (QED) is 0.0377. The summed E-state index contributed by atoms with van der Waals surface area (Å²) in [7, 11) is -16.5. The topological polar surface area (TPSA) is 421 Å². The first kappa shape index (κ1) is 55.3. The van der Waals surface area contributed by atoms with E-state index in [1.807, 2.05) is 0 Å². The summed E-state index contributed by atoms with van der Waals surface area (Å²) in [5.74, 6) is -2.07. The Labute approximate surface area is 370 Å². The maximum Gasteiger partial charge on any atom is 0.481 e. The number of carboxylic acids is 1. The number of aliphatic carboxylic acids is 1. The molecular formula is C33H56N7O20P3S. The second-order valence-corrected chi connectivity index (χ2v) is 20.6. The summed E-state index contributed by atoms with van der Waals surface area (Å²) in [6, 6.07) is 0. The normalized spacial score (nSPS) is 20.9. The number of nitrogens with two attached hydrogens (primary N) is 1. The van der Waals surface area contributed by atoms with Crippen molar-refractivity contribution in [2.75, 3.05) is 37.8 Å². The van der Waals surface area contributed by atoms with Crippen molar-refractivity contribution in [2.45, 2.75) is 115 Å². The molecule has 64 heavy (non-hydrogen) atoms. The number of aromatic nitrogens is 4. The highest BCUT2D eigenvalue weighted by molar-refractivity contribution is 8.13. The molecule has 364 valence electrons. The summed E-state index contributed by atoms with van der Waals surface area (Å²) >= 11 is 1.04. The molecule has 1 aliphatic rings. The highest BCUT2D eigenvalue weighted by atomic mass is 32.2. The number of nitrogen functional groups attached to an aromatic ring is 1. The molecule has 1 aliphatic heterocycles. The Bertz CT molecular complexity index is 2030. The number of anilines is 1. The van der Waals surface area contributed by atoms with E-state index < -0.39 is 96.6 Å². The van der Waals surface area contributed by atoms with E-state index in [4.69, 9.17) is 24.6 Å². The zero-order chi connectivity index (χ0) is 47.9. The maximum atomic E-state index is 12.7. The number of phosphoric acid groups is 3.